The predicted octanol–water partition coefficient (Wildman–Crippen LogP) is 2.77. The lowest BCUT2D eigenvalue weighted by atomic mass is 10.1. The maximum Gasteiger partial charge on any atom is 0.408 e. The van der Waals surface area contributed by atoms with E-state index in [1.54, 1.807) is 19.2 Å². The summed E-state index contributed by atoms with van der Waals surface area (Å²) in [6.45, 7) is 7.22. The Balaban J connectivity index is 2.77. The molecule has 1 aromatic rings. The number of hydrogen-bond acceptors (Lipinski definition) is 4. The Hall–Kier alpha value is -1.75. The molecular formula is C15H23NO4. The second-order valence-electron chi connectivity index (χ2n) is 5.60. The van der Waals surface area contributed by atoms with E-state index in [-0.39, 0.29) is 12.6 Å². The van der Waals surface area contributed by atoms with Crippen molar-refractivity contribution >= 4 is 6.09 Å². The second-order valence-corrected chi connectivity index (χ2v) is 5.60. The summed E-state index contributed by atoms with van der Waals surface area (Å²) in [5.41, 5.74) is 1.06. The van der Waals surface area contributed by atoms with Crippen molar-refractivity contribution in [3.8, 4) is 5.75 Å². The summed E-state index contributed by atoms with van der Waals surface area (Å²) in [7, 11) is 1.55. The number of methoxy groups -OCH3 is 1. The Morgan fingerprint density at radius 1 is 1.40 bits per heavy atom. The van der Waals surface area contributed by atoms with Crippen molar-refractivity contribution in [2.45, 2.75) is 45.9 Å². The van der Waals surface area contributed by atoms with Gasteiger partial charge in [0.1, 0.15) is 11.4 Å². The fourth-order valence-electron chi connectivity index (χ4n) is 1.73. The number of nitrogens with one attached hydrogen (secondary N) is 1. The Labute approximate surface area is 119 Å². The molecule has 5 nitrogen and oxygen atoms in total. The lowest BCUT2D eigenvalue weighted by molar-refractivity contribution is 0.0508. The summed E-state index contributed by atoms with van der Waals surface area (Å²) in [5, 5.41) is 11.9. The van der Waals surface area contributed by atoms with Crippen LogP contribution in [0.2, 0.25) is 0 Å². The molecule has 0 aromatic heterocycles. The molecule has 1 unspecified atom stereocenters. The molecule has 0 aliphatic heterocycles. The average molecular weight is 281 g/mol. The fraction of sp³-hybridized carbons (Fsp3) is 0.533. The smallest absolute Gasteiger partial charge is 0.408 e. The van der Waals surface area contributed by atoms with E-state index in [4.69, 9.17) is 9.47 Å². The molecule has 5 heteroatoms. The summed E-state index contributed by atoms with van der Waals surface area (Å²) in [4.78, 5) is 11.7. The molecule has 0 radical (unpaired) electrons. The van der Waals surface area contributed by atoms with Crippen LogP contribution in [-0.4, -0.2) is 23.9 Å². The molecule has 112 valence electrons. The molecule has 0 saturated heterocycles. The number of benzene rings is 1. The second kappa shape index (κ2) is 6.61. The minimum atomic E-state index is -0.526. The molecule has 1 rings (SSSR count). The van der Waals surface area contributed by atoms with Crippen LogP contribution in [0.3, 0.4) is 0 Å². The lowest BCUT2D eigenvalue weighted by Crippen LogP contribution is -2.34. The van der Waals surface area contributed by atoms with Crippen molar-refractivity contribution in [1.29, 1.82) is 0 Å². The van der Waals surface area contributed by atoms with E-state index in [0.717, 1.165) is 5.56 Å². The number of alkyl carbamates (subject to hydrolysis) is 1. The summed E-state index contributed by atoms with van der Waals surface area (Å²) in [6, 6.07) is 5.21. The van der Waals surface area contributed by atoms with E-state index in [1.807, 2.05) is 33.8 Å². The van der Waals surface area contributed by atoms with E-state index < -0.39 is 11.7 Å². The molecular weight excluding hydrogens is 258 g/mol. The van der Waals surface area contributed by atoms with Crippen LogP contribution in [0.4, 0.5) is 4.79 Å². The standard InChI is InChI=1S/C15H23NO4/c1-10(16-14(18)20-15(2,3)4)11-6-7-12(9-17)13(8-11)19-5/h6-8,10,17H,9H2,1-5H3,(H,16,18). The number of carbonyl (C=O) groups is 1. The van der Waals surface area contributed by atoms with E-state index >= 15 is 0 Å². The minimum Gasteiger partial charge on any atom is -0.496 e. The molecule has 0 heterocycles. The highest BCUT2D eigenvalue weighted by Crippen LogP contribution is 2.24. The van der Waals surface area contributed by atoms with Crippen molar-refractivity contribution in [1.82, 2.24) is 5.32 Å². The number of amides is 1. The fourth-order valence-corrected chi connectivity index (χ4v) is 1.73. The van der Waals surface area contributed by atoms with Crippen LogP contribution in [0, 0.1) is 0 Å². The number of rotatable bonds is 4. The van der Waals surface area contributed by atoms with E-state index in [2.05, 4.69) is 5.32 Å². The van der Waals surface area contributed by atoms with Gasteiger partial charge in [0.15, 0.2) is 0 Å². The van der Waals surface area contributed by atoms with Crippen molar-refractivity contribution in [3.63, 3.8) is 0 Å². The summed E-state index contributed by atoms with van der Waals surface area (Å²) in [5.74, 6) is 0.600. The van der Waals surface area contributed by atoms with Gasteiger partial charge in [0.25, 0.3) is 0 Å². The van der Waals surface area contributed by atoms with Crippen molar-refractivity contribution in [2.24, 2.45) is 0 Å². The molecule has 20 heavy (non-hydrogen) atoms. The first-order chi connectivity index (χ1) is 9.26. The molecule has 0 bridgehead atoms. The maximum atomic E-state index is 11.7. The van der Waals surface area contributed by atoms with Crippen LogP contribution in [-0.2, 0) is 11.3 Å². The summed E-state index contributed by atoms with van der Waals surface area (Å²) >= 11 is 0. The van der Waals surface area contributed by atoms with Crippen LogP contribution in [0.1, 0.15) is 44.9 Å². The number of ether oxygens (including phenoxy) is 2. The zero-order valence-corrected chi connectivity index (χ0v) is 12.7. The van der Waals surface area contributed by atoms with E-state index in [0.29, 0.717) is 11.3 Å². The molecule has 0 saturated carbocycles. The highest BCUT2D eigenvalue weighted by atomic mass is 16.6. The Kier molecular flexibility index (Phi) is 5.39. The normalized spacial score (nSPS) is 12.7. The first kappa shape index (κ1) is 16.3. The Morgan fingerprint density at radius 3 is 2.55 bits per heavy atom. The molecule has 0 aliphatic carbocycles. The molecule has 0 spiro atoms. The SMILES string of the molecule is COc1cc(C(C)NC(=O)OC(C)(C)C)ccc1CO. The topological polar surface area (TPSA) is 67.8 Å². The van der Waals surface area contributed by atoms with Crippen molar-refractivity contribution in [2.75, 3.05) is 7.11 Å². The zero-order chi connectivity index (χ0) is 15.3. The third kappa shape index (κ3) is 4.74. The van der Waals surface area contributed by atoms with Gasteiger partial charge in [0.2, 0.25) is 0 Å². The minimum absolute atomic E-state index is 0.0860. The third-order valence-corrected chi connectivity index (χ3v) is 2.71. The van der Waals surface area contributed by atoms with Crippen LogP contribution in [0.15, 0.2) is 18.2 Å². The summed E-state index contributed by atoms with van der Waals surface area (Å²) < 4.78 is 10.4. The van der Waals surface area contributed by atoms with E-state index in [9.17, 15) is 9.90 Å². The van der Waals surface area contributed by atoms with Crippen LogP contribution < -0.4 is 10.1 Å². The van der Waals surface area contributed by atoms with Crippen LogP contribution in [0.5, 0.6) is 5.75 Å². The monoisotopic (exact) mass is 281 g/mol. The number of hydrogen-bond donors (Lipinski definition) is 2. The Morgan fingerprint density at radius 2 is 2.05 bits per heavy atom. The number of aliphatic hydroxyl groups is 1. The van der Waals surface area contributed by atoms with Gasteiger partial charge in [-0.3, -0.25) is 0 Å². The van der Waals surface area contributed by atoms with Gasteiger partial charge in [0.05, 0.1) is 19.8 Å². The van der Waals surface area contributed by atoms with Crippen LogP contribution >= 0.6 is 0 Å². The van der Waals surface area contributed by atoms with Gasteiger partial charge in [-0.2, -0.15) is 0 Å². The van der Waals surface area contributed by atoms with E-state index in [1.165, 1.54) is 0 Å². The Bertz CT molecular complexity index is 465. The molecule has 0 fully saturated rings. The molecule has 1 aromatic carbocycles. The molecule has 1 atom stereocenters. The molecule has 2 N–H and O–H groups in total. The largest absolute Gasteiger partial charge is 0.496 e. The number of aliphatic hydroxyl groups excluding tert-OH is 1. The van der Waals surface area contributed by atoms with Gasteiger partial charge in [-0.25, -0.2) is 4.79 Å². The highest BCUT2D eigenvalue weighted by Gasteiger charge is 2.18. The van der Waals surface area contributed by atoms with Crippen molar-refractivity contribution < 1.29 is 19.4 Å². The van der Waals surface area contributed by atoms with Crippen molar-refractivity contribution in [3.05, 3.63) is 29.3 Å². The van der Waals surface area contributed by atoms with Gasteiger partial charge in [-0.1, -0.05) is 12.1 Å². The first-order valence-corrected chi connectivity index (χ1v) is 6.54. The number of carbonyl (C=O) groups excluding carboxylic acids is 1. The van der Waals surface area contributed by atoms with Gasteiger partial charge >= 0.3 is 6.09 Å². The highest BCUT2D eigenvalue weighted by molar-refractivity contribution is 5.68. The quantitative estimate of drug-likeness (QED) is 0.890. The average Bonchev–Trinajstić information content (AvgIpc) is 2.35. The van der Waals surface area contributed by atoms with Gasteiger partial charge in [-0.15, -0.1) is 0 Å². The zero-order valence-electron chi connectivity index (χ0n) is 12.7. The summed E-state index contributed by atoms with van der Waals surface area (Å²) in [6.07, 6.45) is -0.463. The predicted molar refractivity (Wildman–Crippen MR) is 76.7 cm³/mol. The maximum absolute atomic E-state index is 11.7. The molecule has 0 aliphatic rings. The molecule has 1 amide bonds. The third-order valence-electron chi connectivity index (χ3n) is 2.71. The van der Waals surface area contributed by atoms with Gasteiger partial charge in [0, 0.05) is 5.56 Å². The lowest BCUT2D eigenvalue weighted by Gasteiger charge is -2.22. The van der Waals surface area contributed by atoms with Gasteiger partial charge < -0.3 is 19.9 Å². The van der Waals surface area contributed by atoms with Gasteiger partial charge in [-0.05, 0) is 39.3 Å². The first-order valence-electron chi connectivity index (χ1n) is 6.54. The van der Waals surface area contributed by atoms with Crippen LogP contribution in [0.25, 0.3) is 0 Å².